The molecule has 2 N–H and O–H groups in total. The molecule has 20 heavy (non-hydrogen) atoms. The van der Waals surface area contributed by atoms with Gasteiger partial charge in [-0.05, 0) is 19.1 Å². The van der Waals surface area contributed by atoms with Crippen molar-refractivity contribution >= 4 is 11.4 Å². The third-order valence-corrected chi connectivity index (χ3v) is 4.21. The Bertz CT molecular complexity index is 450. The maximum Gasteiger partial charge on any atom is 0.180 e. The highest BCUT2D eigenvalue weighted by Crippen LogP contribution is 2.37. The van der Waals surface area contributed by atoms with E-state index in [1.807, 2.05) is 0 Å². The molecule has 0 fully saturated rings. The Morgan fingerprint density at radius 3 is 2.35 bits per heavy atom. The topological polar surface area (TPSA) is 51.0 Å². The third-order valence-electron chi connectivity index (χ3n) is 4.21. The van der Waals surface area contributed by atoms with E-state index >= 15 is 0 Å². The van der Waals surface area contributed by atoms with Crippen molar-refractivity contribution in [3.05, 3.63) is 24.3 Å². The lowest BCUT2D eigenvalue weighted by Crippen LogP contribution is -2.63. The first-order chi connectivity index (χ1) is 9.58. The van der Waals surface area contributed by atoms with E-state index in [1.165, 1.54) is 11.4 Å². The van der Waals surface area contributed by atoms with Crippen molar-refractivity contribution in [2.45, 2.75) is 18.8 Å². The fraction of sp³-hybridized carbons (Fsp3) is 0.600. The Morgan fingerprint density at radius 1 is 1.20 bits per heavy atom. The molecule has 1 aromatic carbocycles. The van der Waals surface area contributed by atoms with E-state index in [-0.39, 0.29) is 6.29 Å². The lowest BCUT2D eigenvalue weighted by Gasteiger charge is -2.49. The Kier molecular flexibility index (Phi) is 4.52. The minimum absolute atomic E-state index is 0.371. The van der Waals surface area contributed by atoms with Crippen LogP contribution in [0.1, 0.15) is 6.92 Å². The van der Waals surface area contributed by atoms with E-state index in [4.69, 9.17) is 15.2 Å². The van der Waals surface area contributed by atoms with Gasteiger partial charge in [-0.25, -0.2) is 0 Å². The van der Waals surface area contributed by atoms with E-state index < -0.39 is 5.54 Å². The van der Waals surface area contributed by atoms with Gasteiger partial charge in [0.2, 0.25) is 0 Å². The number of fused-ring (bicyclic) bond motifs is 1. The van der Waals surface area contributed by atoms with Gasteiger partial charge in [0.05, 0.1) is 11.4 Å². The van der Waals surface area contributed by atoms with E-state index in [0.717, 1.165) is 13.1 Å². The Hall–Kier alpha value is -1.30. The van der Waals surface area contributed by atoms with Crippen LogP contribution in [-0.2, 0) is 9.47 Å². The highest BCUT2D eigenvalue weighted by atomic mass is 16.7. The molecule has 1 heterocycles. The molecule has 1 aliphatic heterocycles. The van der Waals surface area contributed by atoms with Crippen LogP contribution in [0.25, 0.3) is 0 Å². The van der Waals surface area contributed by atoms with Crippen molar-refractivity contribution in [3.63, 3.8) is 0 Å². The number of methoxy groups -OCH3 is 2. The van der Waals surface area contributed by atoms with Gasteiger partial charge in [0.25, 0.3) is 0 Å². The van der Waals surface area contributed by atoms with Gasteiger partial charge < -0.3 is 25.0 Å². The number of anilines is 2. The van der Waals surface area contributed by atoms with Gasteiger partial charge in [0.15, 0.2) is 6.29 Å². The van der Waals surface area contributed by atoms with Crippen molar-refractivity contribution < 1.29 is 9.47 Å². The summed E-state index contributed by atoms with van der Waals surface area (Å²) in [5.41, 5.74) is 8.05. The van der Waals surface area contributed by atoms with Crippen molar-refractivity contribution in [2.75, 3.05) is 50.7 Å². The van der Waals surface area contributed by atoms with Gasteiger partial charge in [0, 0.05) is 40.9 Å². The van der Waals surface area contributed by atoms with Crippen molar-refractivity contribution in [1.82, 2.24) is 0 Å². The van der Waals surface area contributed by atoms with E-state index in [1.54, 1.807) is 14.2 Å². The first kappa shape index (κ1) is 15.1. The van der Waals surface area contributed by atoms with Crippen LogP contribution >= 0.6 is 0 Å². The average molecular weight is 279 g/mol. The van der Waals surface area contributed by atoms with Crippen LogP contribution in [0.4, 0.5) is 11.4 Å². The molecule has 1 aliphatic rings. The second-order valence-electron chi connectivity index (χ2n) is 5.43. The number of hydrogen-bond acceptors (Lipinski definition) is 5. The minimum atomic E-state index is -0.402. The van der Waals surface area contributed by atoms with Crippen LogP contribution < -0.4 is 15.5 Å². The molecule has 1 atom stereocenters. The molecule has 0 saturated carbocycles. The summed E-state index contributed by atoms with van der Waals surface area (Å²) in [4.78, 5) is 4.57. The standard InChI is InChI=1S/C15H25N3O2/c1-15(11-16,14(19-3)20-4)18-10-9-17(2)12-7-5-6-8-13(12)18/h5-8,14H,9-11,16H2,1-4H3. The highest BCUT2D eigenvalue weighted by molar-refractivity contribution is 5.74. The largest absolute Gasteiger partial charge is 0.371 e. The molecule has 112 valence electrons. The lowest BCUT2D eigenvalue weighted by molar-refractivity contribution is -0.141. The van der Waals surface area contributed by atoms with Gasteiger partial charge in [-0.15, -0.1) is 0 Å². The van der Waals surface area contributed by atoms with Gasteiger partial charge in [-0.2, -0.15) is 0 Å². The minimum Gasteiger partial charge on any atom is -0.371 e. The fourth-order valence-electron chi connectivity index (χ4n) is 2.97. The average Bonchev–Trinajstić information content (AvgIpc) is 2.48. The number of likely N-dealkylation sites (N-methyl/N-ethyl adjacent to an activating group) is 1. The van der Waals surface area contributed by atoms with Crippen LogP contribution in [0.5, 0.6) is 0 Å². The summed E-state index contributed by atoms with van der Waals surface area (Å²) in [6, 6.07) is 8.37. The van der Waals surface area contributed by atoms with Gasteiger partial charge in [-0.1, -0.05) is 12.1 Å². The number of nitrogens with zero attached hydrogens (tertiary/aromatic N) is 2. The van der Waals surface area contributed by atoms with E-state index in [9.17, 15) is 0 Å². The fourth-order valence-corrected chi connectivity index (χ4v) is 2.97. The summed E-state index contributed by atoms with van der Waals surface area (Å²) >= 11 is 0. The number of rotatable bonds is 5. The zero-order chi connectivity index (χ0) is 14.8. The number of hydrogen-bond donors (Lipinski definition) is 1. The monoisotopic (exact) mass is 279 g/mol. The SMILES string of the molecule is COC(OC)C(C)(CN)N1CCN(C)c2ccccc21. The molecule has 0 amide bonds. The van der Waals surface area contributed by atoms with Crippen molar-refractivity contribution in [3.8, 4) is 0 Å². The second-order valence-corrected chi connectivity index (χ2v) is 5.43. The van der Waals surface area contributed by atoms with Crippen molar-refractivity contribution in [2.24, 2.45) is 5.73 Å². The molecule has 1 aromatic rings. The smallest absolute Gasteiger partial charge is 0.180 e. The summed E-state index contributed by atoms with van der Waals surface area (Å²) in [5.74, 6) is 0. The Morgan fingerprint density at radius 2 is 1.80 bits per heavy atom. The summed E-state index contributed by atoms with van der Waals surface area (Å²) < 4.78 is 11.0. The zero-order valence-electron chi connectivity index (χ0n) is 12.8. The van der Waals surface area contributed by atoms with Gasteiger partial charge >= 0.3 is 0 Å². The molecule has 0 aliphatic carbocycles. The second kappa shape index (κ2) is 5.99. The summed E-state index contributed by atoms with van der Waals surface area (Å²) in [6.07, 6.45) is -0.371. The van der Waals surface area contributed by atoms with Crippen molar-refractivity contribution in [1.29, 1.82) is 0 Å². The number of nitrogens with two attached hydrogens (primary N) is 1. The molecule has 5 heteroatoms. The highest BCUT2D eigenvalue weighted by Gasteiger charge is 2.42. The molecule has 0 bridgehead atoms. The lowest BCUT2D eigenvalue weighted by atomic mass is 9.96. The van der Waals surface area contributed by atoms with Gasteiger partial charge in [-0.3, -0.25) is 0 Å². The summed E-state index contributed by atoms with van der Waals surface area (Å²) in [6.45, 7) is 4.39. The molecule has 0 saturated heterocycles. The Balaban J connectivity index is 2.44. The number of ether oxygens (including phenoxy) is 2. The third kappa shape index (κ3) is 2.37. The molecule has 5 nitrogen and oxygen atoms in total. The zero-order valence-corrected chi connectivity index (χ0v) is 12.8. The molecule has 0 spiro atoms. The molecule has 0 radical (unpaired) electrons. The van der Waals surface area contributed by atoms with Gasteiger partial charge in [0.1, 0.15) is 5.54 Å². The van der Waals surface area contributed by atoms with Crippen LogP contribution in [0.3, 0.4) is 0 Å². The van der Waals surface area contributed by atoms with Crippen LogP contribution in [0.15, 0.2) is 24.3 Å². The quantitative estimate of drug-likeness (QED) is 0.823. The summed E-state index contributed by atoms with van der Waals surface area (Å²) in [7, 11) is 5.42. The molecular formula is C15H25N3O2. The maximum atomic E-state index is 6.07. The normalized spacial score (nSPS) is 18.1. The first-order valence-electron chi connectivity index (χ1n) is 6.92. The molecule has 2 rings (SSSR count). The number of benzene rings is 1. The molecule has 1 unspecified atom stereocenters. The van der Waals surface area contributed by atoms with E-state index in [2.05, 4.69) is 48.0 Å². The van der Waals surface area contributed by atoms with Crippen LogP contribution in [-0.4, -0.2) is 52.7 Å². The molecular weight excluding hydrogens is 254 g/mol. The molecule has 0 aromatic heterocycles. The van der Waals surface area contributed by atoms with Crippen LogP contribution in [0.2, 0.25) is 0 Å². The summed E-state index contributed by atoms with van der Waals surface area (Å²) in [5, 5.41) is 0. The first-order valence-corrected chi connectivity index (χ1v) is 6.92. The Labute approximate surface area is 121 Å². The number of para-hydroxylation sites is 2. The predicted octanol–water partition coefficient (Wildman–Crippen LogP) is 1.28. The van der Waals surface area contributed by atoms with Crippen LogP contribution in [0, 0.1) is 0 Å². The predicted molar refractivity (Wildman–Crippen MR) is 82.3 cm³/mol. The van der Waals surface area contributed by atoms with E-state index in [0.29, 0.717) is 6.54 Å². The maximum absolute atomic E-state index is 6.07.